The van der Waals surface area contributed by atoms with Gasteiger partial charge < -0.3 is 15.6 Å². The molecule has 1 atom stereocenters. The van der Waals surface area contributed by atoms with E-state index in [0.29, 0.717) is 5.56 Å². The van der Waals surface area contributed by atoms with Gasteiger partial charge >= 0.3 is 5.97 Å². The summed E-state index contributed by atoms with van der Waals surface area (Å²) < 4.78 is 33.0. The molecule has 0 aromatic heterocycles. The average Bonchev–Trinajstić information content (AvgIpc) is 2.60. The highest BCUT2D eigenvalue weighted by atomic mass is 32.2. The number of aryl methyl sites for hydroxylation is 1. The number of carbonyl (C=O) groups excluding carboxylic acids is 1. The third kappa shape index (κ3) is 2.97. The van der Waals surface area contributed by atoms with Crippen LogP contribution in [0.15, 0.2) is 47.4 Å². The van der Waals surface area contributed by atoms with Gasteiger partial charge in [0.1, 0.15) is 5.75 Å². The summed E-state index contributed by atoms with van der Waals surface area (Å²) in [4.78, 5) is 22.6. The van der Waals surface area contributed by atoms with Crippen LogP contribution in [-0.2, 0) is 14.8 Å². The fourth-order valence-electron chi connectivity index (χ4n) is 2.71. The predicted octanol–water partition coefficient (Wildman–Crippen LogP) is 1.13. The molecule has 2 aromatic carbocycles. The van der Waals surface area contributed by atoms with Gasteiger partial charge in [0.25, 0.3) is 15.9 Å². The second-order valence-electron chi connectivity index (χ2n) is 5.80. The van der Waals surface area contributed by atoms with Crippen molar-refractivity contribution in [2.45, 2.75) is 17.9 Å². The molecular formula is C17H16N2O6S. The number of nitrogens with zero attached hydrogens (tertiary/aromatic N) is 1. The SMILES string of the molecule is Cc1ccc(C(=O)O)cc1S(=O)(=O)N1C[C@@H](C(N)=O)Oc2ccccc21. The van der Waals surface area contributed by atoms with E-state index in [-0.39, 0.29) is 28.4 Å². The molecule has 0 saturated heterocycles. The Bertz CT molecular complexity index is 1000. The summed E-state index contributed by atoms with van der Waals surface area (Å²) in [5.41, 5.74) is 5.79. The fraction of sp³-hybridized carbons (Fsp3) is 0.176. The van der Waals surface area contributed by atoms with Crippen LogP contribution in [0.5, 0.6) is 5.75 Å². The number of hydrogen-bond donors (Lipinski definition) is 2. The van der Waals surface area contributed by atoms with Crippen molar-refractivity contribution in [3.8, 4) is 5.75 Å². The van der Waals surface area contributed by atoms with Crippen molar-refractivity contribution in [2.75, 3.05) is 10.8 Å². The van der Waals surface area contributed by atoms with Crippen LogP contribution >= 0.6 is 0 Å². The number of primary amides is 1. The van der Waals surface area contributed by atoms with Crippen molar-refractivity contribution in [1.82, 2.24) is 0 Å². The molecule has 0 fully saturated rings. The summed E-state index contributed by atoms with van der Waals surface area (Å²) in [5, 5.41) is 9.16. The maximum Gasteiger partial charge on any atom is 0.335 e. The molecule has 136 valence electrons. The molecule has 1 aliphatic heterocycles. The van der Waals surface area contributed by atoms with E-state index < -0.39 is 28.0 Å². The van der Waals surface area contributed by atoms with Crippen LogP contribution in [0.3, 0.4) is 0 Å². The van der Waals surface area contributed by atoms with Crippen LogP contribution in [0.2, 0.25) is 0 Å². The van der Waals surface area contributed by atoms with Crippen molar-refractivity contribution in [3.05, 3.63) is 53.6 Å². The lowest BCUT2D eigenvalue weighted by atomic mass is 10.1. The zero-order chi connectivity index (χ0) is 19.1. The topological polar surface area (TPSA) is 127 Å². The van der Waals surface area contributed by atoms with E-state index in [0.717, 1.165) is 10.4 Å². The molecule has 0 aliphatic carbocycles. The summed E-state index contributed by atoms with van der Waals surface area (Å²) in [6.07, 6.45) is -1.15. The first-order valence-corrected chi connectivity index (χ1v) is 9.07. The van der Waals surface area contributed by atoms with Gasteiger partial charge in [0.15, 0.2) is 6.10 Å². The number of carbonyl (C=O) groups is 2. The third-order valence-corrected chi connectivity index (χ3v) is 5.98. The first-order chi connectivity index (χ1) is 12.2. The van der Waals surface area contributed by atoms with Gasteiger partial charge in [-0.15, -0.1) is 0 Å². The number of carboxylic acids is 1. The second-order valence-corrected chi connectivity index (χ2v) is 7.63. The van der Waals surface area contributed by atoms with E-state index >= 15 is 0 Å². The molecule has 1 amide bonds. The van der Waals surface area contributed by atoms with Crippen LogP contribution in [0.1, 0.15) is 15.9 Å². The van der Waals surface area contributed by atoms with Crippen LogP contribution in [-0.4, -0.2) is 38.0 Å². The van der Waals surface area contributed by atoms with E-state index in [2.05, 4.69) is 0 Å². The van der Waals surface area contributed by atoms with Crippen LogP contribution in [0.4, 0.5) is 5.69 Å². The van der Waals surface area contributed by atoms with Crippen molar-refractivity contribution >= 4 is 27.6 Å². The zero-order valence-electron chi connectivity index (χ0n) is 13.7. The normalized spacial score (nSPS) is 16.5. The first kappa shape index (κ1) is 17.7. The molecule has 3 rings (SSSR count). The lowest BCUT2D eigenvalue weighted by Gasteiger charge is -2.34. The Morgan fingerprint density at radius 3 is 2.58 bits per heavy atom. The molecule has 2 aromatic rings. The van der Waals surface area contributed by atoms with Crippen LogP contribution in [0.25, 0.3) is 0 Å². The van der Waals surface area contributed by atoms with Crippen molar-refractivity contribution in [3.63, 3.8) is 0 Å². The van der Waals surface area contributed by atoms with Gasteiger partial charge in [0.05, 0.1) is 22.7 Å². The van der Waals surface area contributed by atoms with E-state index in [9.17, 15) is 18.0 Å². The van der Waals surface area contributed by atoms with Crippen LogP contribution in [0, 0.1) is 6.92 Å². The molecule has 1 heterocycles. The van der Waals surface area contributed by atoms with E-state index in [1.54, 1.807) is 25.1 Å². The number of carboxylic acid groups (broad SMARTS) is 1. The van der Waals surface area contributed by atoms with Crippen molar-refractivity contribution in [2.24, 2.45) is 5.73 Å². The Balaban J connectivity index is 2.16. The average molecular weight is 376 g/mol. The monoisotopic (exact) mass is 376 g/mol. The lowest BCUT2D eigenvalue weighted by Crippen LogP contribution is -2.49. The molecule has 0 bridgehead atoms. The minimum absolute atomic E-state index is 0.151. The number of anilines is 1. The predicted molar refractivity (Wildman–Crippen MR) is 92.7 cm³/mol. The number of fused-ring (bicyclic) bond motifs is 1. The van der Waals surface area contributed by atoms with Gasteiger partial charge in [0.2, 0.25) is 0 Å². The minimum atomic E-state index is -4.15. The molecule has 0 radical (unpaired) electrons. The number of ether oxygens (including phenoxy) is 1. The van der Waals surface area contributed by atoms with Gasteiger partial charge in [-0.2, -0.15) is 0 Å². The third-order valence-electron chi connectivity index (χ3n) is 4.06. The Kier molecular flexibility index (Phi) is 4.33. The highest BCUT2D eigenvalue weighted by molar-refractivity contribution is 7.93. The largest absolute Gasteiger partial charge is 0.478 e. The number of nitrogens with two attached hydrogens (primary N) is 1. The Labute approximate surface area is 149 Å². The standard InChI is InChI=1S/C17H16N2O6S/c1-10-6-7-11(17(21)22)8-15(10)26(23,24)19-9-14(16(18)20)25-13-5-3-2-4-12(13)19/h2-8,14H,9H2,1H3,(H2,18,20)(H,21,22)/t14-/m0/s1. The lowest BCUT2D eigenvalue weighted by molar-refractivity contribution is -0.124. The molecule has 0 saturated carbocycles. The summed E-state index contributed by atoms with van der Waals surface area (Å²) in [5.74, 6) is -1.83. The van der Waals surface area contributed by atoms with Gasteiger partial charge in [-0.1, -0.05) is 18.2 Å². The minimum Gasteiger partial charge on any atom is -0.478 e. The Hall–Kier alpha value is -3.07. The molecular weight excluding hydrogens is 360 g/mol. The maximum atomic E-state index is 13.2. The van der Waals surface area contributed by atoms with Crippen molar-refractivity contribution < 1.29 is 27.9 Å². The molecule has 0 spiro atoms. The van der Waals surface area contributed by atoms with Gasteiger partial charge in [0, 0.05) is 0 Å². The highest BCUT2D eigenvalue weighted by Gasteiger charge is 2.37. The van der Waals surface area contributed by atoms with Gasteiger partial charge in [-0.25, -0.2) is 13.2 Å². The Morgan fingerprint density at radius 2 is 1.92 bits per heavy atom. The summed E-state index contributed by atoms with van der Waals surface area (Å²) in [6, 6.07) is 10.2. The fourth-order valence-corrected chi connectivity index (χ4v) is 4.44. The molecule has 8 nitrogen and oxygen atoms in total. The smallest absolute Gasteiger partial charge is 0.335 e. The summed E-state index contributed by atoms with van der Waals surface area (Å²) in [7, 11) is -4.15. The quantitative estimate of drug-likeness (QED) is 0.824. The maximum absolute atomic E-state index is 13.2. The Morgan fingerprint density at radius 1 is 1.23 bits per heavy atom. The zero-order valence-corrected chi connectivity index (χ0v) is 14.6. The van der Waals surface area contributed by atoms with Gasteiger partial charge in [-0.3, -0.25) is 9.10 Å². The van der Waals surface area contributed by atoms with E-state index in [1.165, 1.54) is 18.2 Å². The number of aromatic carboxylic acids is 1. The van der Waals surface area contributed by atoms with Gasteiger partial charge in [-0.05, 0) is 36.8 Å². The first-order valence-electron chi connectivity index (χ1n) is 7.63. The van der Waals surface area contributed by atoms with E-state index in [1.807, 2.05) is 0 Å². The molecule has 0 unspecified atom stereocenters. The number of para-hydroxylation sites is 2. The molecule has 26 heavy (non-hydrogen) atoms. The number of benzene rings is 2. The molecule has 9 heteroatoms. The number of hydrogen-bond acceptors (Lipinski definition) is 5. The molecule has 1 aliphatic rings. The summed E-state index contributed by atoms with van der Waals surface area (Å²) in [6.45, 7) is 1.27. The van der Waals surface area contributed by atoms with Crippen LogP contribution < -0.4 is 14.8 Å². The van der Waals surface area contributed by atoms with Crippen molar-refractivity contribution in [1.29, 1.82) is 0 Å². The molecule has 3 N–H and O–H groups in total. The number of amides is 1. The number of rotatable bonds is 4. The summed E-state index contributed by atoms with van der Waals surface area (Å²) >= 11 is 0. The number of sulfonamides is 1. The van der Waals surface area contributed by atoms with E-state index in [4.69, 9.17) is 15.6 Å². The highest BCUT2D eigenvalue weighted by Crippen LogP contribution is 2.37. The second kappa shape index (κ2) is 6.34.